The van der Waals surface area contributed by atoms with Gasteiger partial charge in [0.1, 0.15) is 5.82 Å². The number of fused-ring (bicyclic) bond motifs is 5. The van der Waals surface area contributed by atoms with Gasteiger partial charge in [-0.2, -0.15) is 0 Å². The van der Waals surface area contributed by atoms with Gasteiger partial charge in [0.25, 0.3) is 0 Å². The molecule has 2 atom stereocenters. The molecular weight excluding hydrogens is 359 g/mol. The molecule has 25 heavy (non-hydrogen) atoms. The van der Waals surface area contributed by atoms with Crippen molar-refractivity contribution in [3.63, 3.8) is 0 Å². The summed E-state index contributed by atoms with van der Waals surface area (Å²) in [5.41, 5.74) is 3.72. The minimum absolute atomic E-state index is 0.278. The van der Waals surface area contributed by atoms with E-state index in [0.29, 0.717) is 34.1 Å². The second-order valence-corrected chi connectivity index (χ2v) is 7.34. The van der Waals surface area contributed by atoms with Crippen molar-refractivity contribution in [2.45, 2.75) is 38.0 Å². The van der Waals surface area contributed by atoms with E-state index >= 15 is 0 Å². The van der Waals surface area contributed by atoms with Crippen LogP contribution in [0, 0.1) is 0 Å². The second-order valence-electron chi connectivity index (χ2n) is 6.53. The average molecular weight is 377 g/mol. The predicted octanol–water partition coefficient (Wildman–Crippen LogP) is 5.67. The molecule has 130 valence electrons. The Morgan fingerprint density at radius 2 is 2.00 bits per heavy atom. The minimum Gasteiger partial charge on any atom is -0.462 e. The summed E-state index contributed by atoms with van der Waals surface area (Å²) in [6.45, 7) is 2.18. The van der Waals surface area contributed by atoms with Crippen LogP contribution < -0.4 is 5.32 Å². The van der Waals surface area contributed by atoms with E-state index in [2.05, 4.69) is 10.3 Å². The van der Waals surface area contributed by atoms with Gasteiger partial charge in [0, 0.05) is 17.4 Å². The van der Waals surface area contributed by atoms with Gasteiger partial charge in [-0.1, -0.05) is 23.2 Å². The Morgan fingerprint density at radius 3 is 2.72 bits per heavy atom. The Balaban J connectivity index is 1.75. The summed E-state index contributed by atoms with van der Waals surface area (Å²) in [7, 11) is 0. The number of nitrogens with one attached hydrogen (secondary N) is 1. The lowest BCUT2D eigenvalue weighted by Gasteiger charge is -2.21. The van der Waals surface area contributed by atoms with Crippen molar-refractivity contribution in [3.05, 3.63) is 51.1 Å². The lowest BCUT2D eigenvalue weighted by atomic mass is 9.89. The molecule has 1 saturated carbocycles. The number of anilines is 2. The highest BCUT2D eigenvalue weighted by atomic mass is 35.5. The van der Waals surface area contributed by atoms with Gasteiger partial charge in [-0.25, -0.2) is 9.78 Å². The zero-order valence-electron chi connectivity index (χ0n) is 13.8. The number of ether oxygens (including phenoxy) is 1. The van der Waals surface area contributed by atoms with Gasteiger partial charge in [0.2, 0.25) is 0 Å². The van der Waals surface area contributed by atoms with Gasteiger partial charge in [-0.15, -0.1) is 0 Å². The number of hydrogen-bond donors (Lipinski definition) is 1. The van der Waals surface area contributed by atoms with E-state index in [-0.39, 0.29) is 5.97 Å². The van der Waals surface area contributed by atoms with Crippen molar-refractivity contribution in [1.29, 1.82) is 0 Å². The predicted molar refractivity (Wildman–Crippen MR) is 99.3 cm³/mol. The molecule has 1 fully saturated rings. The monoisotopic (exact) mass is 376 g/mol. The van der Waals surface area contributed by atoms with Crippen LogP contribution in [0.1, 0.15) is 59.5 Å². The van der Waals surface area contributed by atoms with E-state index in [0.717, 1.165) is 41.9 Å². The molecule has 4 nitrogen and oxygen atoms in total. The average Bonchev–Trinajstić information content (AvgIpc) is 3.21. The molecular formula is C19H18Cl2N2O2. The molecule has 1 aromatic heterocycles. The molecule has 0 amide bonds. The van der Waals surface area contributed by atoms with E-state index in [1.165, 1.54) is 0 Å². The first kappa shape index (κ1) is 16.7. The fraction of sp³-hybridized carbons (Fsp3) is 0.368. The molecule has 0 radical (unpaired) electrons. The molecule has 0 spiro atoms. The zero-order chi connectivity index (χ0) is 17.6. The number of esters is 1. The number of hydrogen-bond acceptors (Lipinski definition) is 4. The lowest BCUT2D eigenvalue weighted by molar-refractivity contribution is 0.0524. The third-order valence-electron chi connectivity index (χ3n) is 5.09. The molecule has 0 saturated heterocycles. The summed E-state index contributed by atoms with van der Waals surface area (Å²) in [5, 5.41) is 4.36. The molecule has 4 rings (SSSR count). The number of aromatic nitrogens is 1. The molecule has 2 aliphatic carbocycles. The maximum Gasteiger partial charge on any atom is 0.339 e. The Hall–Kier alpha value is -1.78. The van der Waals surface area contributed by atoms with Crippen LogP contribution in [0.15, 0.2) is 24.4 Å². The molecule has 2 unspecified atom stereocenters. The van der Waals surface area contributed by atoms with Crippen LogP contribution in [-0.4, -0.2) is 17.6 Å². The Morgan fingerprint density at radius 1 is 1.24 bits per heavy atom. The second kappa shape index (κ2) is 6.50. The molecule has 0 aliphatic heterocycles. The maximum absolute atomic E-state index is 12.3. The molecule has 1 heterocycles. The molecule has 1 aromatic carbocycles. The fourth-order valence-electron chi connectivity index (χ4n) is 4.08. The first-order chi connectivity index (χ1) is 12.1. The number of benzene rings is 1. The Bertz CT molecular complexity index is 854. The smallest absolute Gasteiger partial charge is 0.339 e. The van der Waals surface area contributed by atoms with Crippen molar-refractivity contribution < 1.29 is 9.53 Å². The van der Waals surface area contributed by atoms with Crippen molar-refractivity contribution in [2.24, 2.45) is 0 Å². The van der Waals surface area contributed by atoms with E-state index in [1.54, 1.807) is 18.3 Å². The number of halogens is 2. The highest BCUT2D eigenvalue weighted by molar-refractivity contribution is 6.42. The number of carbonyl (C=O) groups excluding carboxylic acids is 1. The molecule has 2 bridgehead atoms. The van der Waals surface area contributed by atoms with Crippen LogP contribution in [0.4, 0.5) is 11.5 Å². The van der Waals surface area contributed by atoms with E-state index in [1.807, 2.05) is 13.0 Å². The van der Waals surface area contributed by atoms with E-state index in [9.17, 15) is 4.79 Å². The van der Waals surface area contributed by atoms with Crippen LogP contribution >= 0.6 is 23.2 Å². The number of pyridine rings is 1. The summed E-state index contributed by atoms with van der Waals surface area (Å²) >= 11 is 12.1. The molecule has 2 aromatic rings. The maximum atomic E-state index is 12.3. The highest BCUT2D eigenvalue weighted by Gasteiger charge is 2.42. The van der Waals surface area contributed by atoms with Crippen LogP contribution in [0.25, 0.3) is 0 Å². The zero-order valence-corrected chi connectivity index (χ0v) is 15.3. The van der Waals surface area contributed by atoms with Gasteiger partial charge < -0.3 is 10.1 Å². The fourth-order valence-corrected chi connectivity index (χ4v) is 4.38. The molecule has 1 N–H and O–H groups in total. The van der Waals surface area contributed by atoms with Gasteiger partial charge in [0.05, 0.1) is 22.2 Å². The number of nitrogens with zero attached hydrogens (tertiary/aromatic N) is 1. The minimum atomic E-state index is -0.278. The summed E-state index contributed by atoms with van der Waals surface area (Å²) < 4.78 is 5.22. The van der Waals surface area contributed by atoms with Crippen LogP contribution in [-0.2, 0) is 4.74 Å². The third-order valence-corrected chi connectivity index (χ3v) is 5.82. The number of carbonyl (C=O) groups is 1. The third kappa shape index (κ3) is 2.87. The van der Waals surface area contributed by atoms with E-state index in [4.69, 9.17) is 27.9 Å². The van der Waals surface area contributed by atoms with Crippen molar-refractivity contribution >= 4 is 40.7 Å². The molecule has 2 aliphatic rings. The van der Waals surface area contributed by atoms with Gasteiger partial charge >= 0.3 is 5.97 Å². The summed E-state index contributed by atoms with van der Waals surface area (Å²) in [4.78, 5) is 16.8. The van der Waals surface area contributed by atoms with Crippen LogP contribution in [0.2, 0.25) is 10.0 Å². The largest absolute Gasteiger partial charge is 0.462 e. The first-order valence-corrected chi connectivity index (χ1v) is 9.26. The first-order valence-electron chi connectivity index (χ1n) is 8.50. The van der Waals surface area contributed by atoms with Gasteiger partial charge in [-0.05, 0) is 61.8 Å². The number of rotatable bonds is 4. The quantitative estimate of drug-likeness (QED) is 0.697. The summed E-state index contributed by atoms with van der Waals surface area (Å²) in [6.07, 6.45) is 4.99. The topological polar surface area (TPSA) is 51.2 Å². The summed E-state index contributed by atoms with van der Waals surface area (Å²) in [6, 6.07) is 5.41. The molecule has 6 heteroatoms. The van der Waals surface area contributed by atoms with Crippen LogP contribution in [0.3, 0.4) is 0 Å². The van der Waals surface area contributed by atoms with Crippen molar-refractivity contribution in [3.8, 4) is 0 Å². The van der Waals surface area contributed by atoms with Gasteiger partial charge in [0.15, 0.2) is 0 Å². The highest BCUT2D eigenvalue weighted by Crippen LogP contribution is 2.56. The Kier molecular flexibility index (Phi) is 4.34. The normalized spacial score (nSPS) is 20.4. The van der Waals surface area contributed by atoms with Crippen molar-refractivity contribution in [1.82, 2.24) is 4.98 Å². The summed E-state index contributed by atoms with van der Waals surface area (Å²) in [5.74, 6) is 1.40. The Labute approximate surface area is 156 Å². The van der Waals surface area contributed by atoms with Crippen molar-refractivity contribution in [2.75, 3.05) is 11.9 Å². The van der Waals surface area contributed by atoms with E-state index < -0.39 is 0 Å². The standard InChI is InChI=1S/C19H18Cl2N2O2/c1-2-25-19(24)13-9-22-18(17-11-4-3-10(7-11)16(13)17)23-12-5-6-14(20)15(21)8-12/h5-6,8-11H,2-4,7H2,1H3,(H,22,23). The van der Waals surface area contributed by atoms with Crippen LogP contribution in [0.5, 0.6) is 0 Å². The SMILES string of the molecule is CCOC(=O)c1cnc(Nc2ccc(Cl)c(Cl)c2)c2c1C1CCC2C1. The van der Waals surface area contributed by atoms with Gasteiger partial charge in [-0.3, -0.25) is 0 Å². The lowest BCUT2D eigenvalue weighted by Crippen LogP contribution is -2.14.